The Morgan fingerprint density at radius 1 is 0.792 bits per heavy atom. The maximum absolute atomic E-state index is 5.74. The van der Waals surface area contributed by atoms with Crippen molar-refractivity contribution in [3.63, 3.8) is 0 Å². The first-order chi connectivity index (χ1) is 11.6. The molecule has 0 aromatic heterocycles. The fourth-order valence-electron chi connectivity index (χ4n) is 2.07. The summed E-state index contributed by atoms with van der Waals surface area (Å²) < 4.78 is 22.9. The van der Waals surface area contributed by atoms with E-state index in [-0.39, 0.29) is 0 Å². The first-order valence-corrected chi connectivity index (χ1v) is 8.63. The van der Waals surface area contributed by atoms with Gasteiger partial charge in [-0.3, -0.25) is 0 Å². The maximum Gasteiger partial charge on any atom is 0.133 e. The molecule has 0 N–H and O–H groups in total. The molecular formula is C19H23BrO4. The van der Waals surface area contributed by atoms with Crippen molar-refractivity contribution < 1.29 is 18.9 Å². The van der Waals surface area contributed by atoms with Gasteiger partial charge in [0.2, 0.25) is 0 Å². The fourth-order valence-corrected chi connectivity index (χ4v) is 2.64. The Kier molecular flexibility index (Phi) is 7.40. The Bertz CT molecular complexity index is 641. The van der Waals surface area contributed by atoms with E-state index in [0.29, 0.717) is 26.4 Å². The van der Waals surface area contributed by atoms with Crippen molar-refractivity contribution in [2.45, 2.75) is 13.8 Å². The van der Waals surface area contributed by atoms with Crippen molar-refractivity contribution in [3.05, 3.63) is 52.0 Å². The first-order valence-electron chi connectivity index (χ1n) is 7.84. The molecule has 2 rings (SSSR count). The number of halogens is 1. The standard InChI is InChI=1S/C19H23BrO4/c1-14-12-18(20)19(13-15(14)2)24-11-9-22-8-10-23-17-6-4-16(21-3)5-7-17/h4-7,12-13H,8-11H2,1-3H3. The lowest BCUT2D eigenvalue weighted by molar-refractivity contribution is 0.0762. The van der Waals surface area contributed by atoms with Crippen molar-refractivity contribution in [2.24, 2.45) is 0 Å². The topological polar surface area (TPSA) is 36.9 Å². The Morgan fingerprint density at radius 2 is 1.38 bits per heavy atom. The molecule has 0 saturated carbocycles. The van der Waals surface area contributed by atoms with Crippen LogP contribution in [0.5, 0.6) is 17.2 Å². The highest BCUT2D eigenvalue weighted by Crippen LogP contribution is 2.28. The third kappa shape index (κ3) is 5.73. The van der Waals surface area contributed by atoms with Crippen LogP contribution in [0.15, 0.2) is 40.9 Å². The van der Waals surface area contributed by atoms with Gasteiger partial charge < -0.3 is 18.9 Å². The van der Waals surface area contributed by atoms with E-state index in [0.717, 1.165) is 21.7 Å². The van der Waals surface area contributed by atoms with E-state index in [1.165, 1.54) is 11.1 Å². The zero-order chi connectivity index (χ0) is 17.4. The van der Waals surface area contributed by atoms with Gasteiger partial charge in [-0.05, 0) is 77.3 Å². The predicted molar refractivity (Wildman–Crippen MR) is 98.4 cm³/mol. The number of ether oxygens (including phenoxy) is 4. The molecule has 0 amide bonds. The van der Waals surface area contributed by atoms with Gasteiger partial charge in [-0.15, -0.1) is 0 Å². The minimum Gasteiger partial charge on any atom is -0.497 e. The molecule has 0 unspecified atom stereocenters. The lowest BCUT2D eigenvalue weighted by Gasteiger charge is -2.11. The van der Waals surface area contributed by atoms with Crippen LogP contribution in [0, 0.1) is 13.8 Å². The highest BCUT2D eigenvalue weighted by Gasteiger charge is 2.04. The minimum absolute atomic E-state index is 0.500. The number of aryl methyl sites for hydroxylation is 2. The highest BCUT2D eigenvalue weighted by atomic mass is 79.9. The van der Waals surface area contributed by atoms with Gasteiger partial charge >= 0.3 is 0 Å². The lowest BCUT2D eigenvalue weighted by Crippen LogP contribution is -2.12. The van der Waals surface area contributed by atoms with Crippen LogP contribution >= 0.6 is 15.9 Å². The quantitative estimate of drug-likeness (QED) is 0.584. The number of rotatable bonds is 9. The molecule has 0 atom stereocenters. The molecule has 130 valence electrons. The Balaban J connectivity index is 1.60. The van der Waals surface area contributed by atoms with E-state index in [9.17, 15) is 0 Å². The molecule has 2 aromatic rings. The zero-order valence-corrected chi connectivity index (χ0v) is 15.9. The molecule has 0 radical (unpaired) electrons. The molecule has 24 heavy (non-hydrogen) atoms. The molecular weight excluding hydrogens is 372 g/mol. The molecule has 0 fully saturated rings. The van der Waals surface area contributed by atoms with Crippen molar-refractivity contribution in [2.75, 3.05) is 33.5 Å². The smallest absolute Gasteiger partial charge is 0.133 e. The van der Waals surface area contributed by atoms with E-state index < -0.39 is 0 Å². The first kappa shape index (κ1) is 18.6. The molecule has 0 saturated heterocycles. The summed E-state index contributed by atoms with van der Waals surface area (Å²) in [5, 5.41) is 0. The van der Waals surface area contributed by atoms with Gasteiger partial charge in [-0.25, -0.2) is 0 Å². The normalized spacial score (nSPS) is 10.5. The van der Waals surface area contributed by atoms with Crippen LogP contribution in [0.25, 0.3) is 0 Å². The van der Waals surface area contributed by atoms with Crippen molar-refractivity contribution in [3.8, 4) is 17.2 Å². The van der Waals surface area contributed by atoms with Crippen molar-refractivity contribution >= 4 is 15.9 Å². The van der Waals surface area contributed by atoms with E-state index in [1.807, 2.05) is 30.3 Å². The van der Waals surface area contributed by atoms with Crippen LogP contribution in [0.1, 0.15) is 11.1 Å². The molecule has 5 heteroatoms. The summed E-state index contributed by atoms with van der Waals surface area (Å²) in [7, 11) is 1.64. The minimum atomic E-state index is 0.500. The number of methoxy groups -OCH3 is 1. The largest absolute Gasteiger partial charge is 0.497 e. The SMILES string of the molecule is COc1ccc(OCCOCCOc2cc(C)c(C)cc2Br)cc1. The second-order valence-corrected chi connectivity index (χ2v) is 6.21. The molecule has 0 aliphatic heterocycles. The molecule has 4 nitrogen and oxygen atoms in total. The summed E-state index contributed by atoms with van der Waals surface area (Å²) in [6, 6.07) is 11.6. The summed E-state index contributed by atoms with van der Waals surface area (Å²) in [4.78, 5) is 0. The summed E-state index contributed by atoms with van der Waals surface area (Å²) in [6.07, 6.45) is 0. The van der Waals surface area contributed by atoms with Crippen molar-refractivity contribution in [1.29, 1.82) is 0 Å². The second kappa shape index (κ2) is 9.55. The molecule has 0 bridgehead atoms. The van der Waals surface area contributed by atoms with Gasteiger partial charge in [0.15, 0.2) is 0 Å². The van der Waals surface area contributed by atoms with Crippen molar-refractivity contribution in [1.82, 2.24) is 0 Å². The third-order valence-corrected chi connectivity index (χ3v) is 4.21. The van der Waals surface area contributed by atoms with Crippen LogP contribution in [0.4, 0.5) is 0 Å². The van der Waals surface area contributed by atoms with E-state index >= 15 is 0 Å². The summed E-state index contributed by atoms with van der Waals surface area (Å²) in [5.41, 5.74) is 2.45. The predicted octanol–water partition coefficient (Wildman–Crippen LogP) is 4.55. The Morgan fingerprint density at radius 3 is 2.04 bits per heavy atom. The van der Waals surface area contributed by atoms with E-state index in [1.54, 1.807) is 7.11 Å². The van der Waals surface area contributed by atoms with Gasteiger partial charge in [0.05, 0.1) is 24.8 Å². The number of hydrogen-bond acceptors (Lipinski definition) is 4. The molecule has 0 aliphatic carbocycles. The summed E-state index contributed by atoms with van der Waals surface area (Å²) in [5.74, 6) is 2.46. The van der Waals surface area contributed by atoms with Crippen LogP contribution in [-0.2, 0) is 4.74 Å². The van der Waals surface area contributed by atoms with Crippen LogP contribution in [0.2, 0.25) is 0 Å². The maximum atomic E-state index is 5.74. The van der Waals surface area contributed by atoms with Gasteiger partial charge in [-0.2, -0.15) is 0 Å². The lowest BCUT2D eigenvalue weighted by atomic mass is 10.1. The fraction of sp³-hybridized carbons (Fsp3) is 0.368. The third-order valence-electron chi connectivity index (χ3n) is 3.59. The Hall–Kier alpha value is -1.72. The average molecular weight is 395 g/mol. The van der Waals surface area contributed by atoms with Gasteiger partial charge in [0.1, 0.15) is 30.5 Å². The van der Waals surface area contributed by atoms with Gasteiger partial charge in [-0.1, -0.05) is 0 Å². The van der Waals surface area contributed by atoms with Crippen LogP contribution in [0.3, 0.4) is 0 Å². The summed E-state index contributed by atoms with van der Waals surface area (Å²) >= 11 is 3.52. The highest BCUT2D eigenvalue weighted by molar-refractivity contribution is 9.10. The van der Waals surface area contributed by atoms with Gasteiger partial charge in [0.25, 0.3) is 0 Å². The van der Waals surface area contributed by atoms with Crippen LogP contribution < -0.4 is 14.2 Å². The second-order valence-electron chi connectivity index (χ2n) is 5.35. The monoisotopic (exact) mass is 394 g/mol. The number of benzene rings is 2. The molecule has 0 spiro atoms. The van der Waals surface area contributed by atoms with E-state index in [4.69, 9.17) is 18.9 Å². The molecule has 0 aliphatic rings. The zero-order valence-electron chi connectivity index (χ0n) is 14.3. The van der Waals surface area contributed by atoms with Crippen LogP contribution in [-0.4, -0.2) is 33.5 Å². The van der Waals surface area contributed by atoms with E-state index in [2.05, 4.69) is 35.8 Å². The molecule has 0 heterocycles. The average Bonchev–Trinajstić information content (AvgIpc) is 2.59. The summed E-state index contributed by atoms with van der Waals surface area (Å²) in [6.45, 7) is 6.19. The van der Waals surface area contributed by atoms with Gasteiger partial charge in [0, 0.05) is 0 Å². The Labute approximate surface area is 151 Å². The molecule has 2 aromatic carbocycles. The number of hydrogen-bond donors (Lipinski definition) is 0.